The van der Waals surface area contributed by atoms with E-state index in [-0.39, 0.29) is 0 Å². The monoisotopic (exact) mass is 249 g/mol. The molecule has 0 heterocycles. The third-order valence-electron chi connectivity index (χ3n) is 0.224. The van der Waals surface area contributed by atoms with Crippen molar-refractivity contribution in [3.63, 3.8) is 0 Å². The van der Waals surface area contributed by atoms with E-state index in [1.807, 2.05) is 0 Å². The Morgan fingerprint density at radius 3 is 1.89 bits per heavy atom. The lowest BCUT2D eigenvalue weighted by molar-refractivity contribution is -1.92. The summed E-state index contributed by atoms with van der Waals surface area (Å²) in [7, 11) is 0. The van der Waals surface area contributed by atoms with E-state index in [4.69, 9.17) is 0 Å². The molecule has 9 heavy (non-hydrogen) atoms. The minimum absolute atomic E-state index is 0.606. The molecule has 7 nitrogen and oxygen atoms in total. The summed E-state index contributed by atoms with van der Waals surface area (Å²) in [6, 6.07) is 0. The third kappa shape index (κ3) is 7.68. The fourth-order valence-corrected chi connectivity index (χ4v) is 0.551. The highest BCUT2D eigenvalue weighted by Crippen LogP contribution is 1.49. The van der Waals surface area contributed by atoms with Gasteiger partial charge in [0.05, 0.1) is 5.16 Å². The number of hydrogen-bond acceptors (Lipinski definition) is 5. The SMILES string of the molecule is NC(N)=NO[I+3]([O-])([O-])[O-]. The van der Waals surface area contributed by atoms with Gasteiger partial charge in [0.25, 0.3) is 0 Å². The van der Waals surface area contributed by atoms with Crippen LogP contribution in [0.15, 0.2) is 5.16 Å². The summed E-state index contributed by atoms with van der Waals surface area (Å²) in [4.78, 5) is 0. The molecular weight excluding hydrogens is 245 g/mol. The highest BCUT2D eigenvalue weighted by Gasteiger charge is 2.27. The lowest BCUT2D eigenvalue weighted by Crippen LogP contribution is -4.23. The molecule has 0 unspecified atom stereocenters. The van der Waals surface area contributed by atoms with Crippen LogP contribution in [0.2, 0.25) is 0 Å². The maximum Gasteiger partial charge on any atom is 0.476 e. The number of nitrogens with zero attached hydrogens (tertiary/aromatic N) is 1. The first kappa shape index (κ1) is 8.68. The van der Waals surface area contributed by atoms with Crippen molar-refractivity contribution in [1.29, 1.82) is 0 Å². The Labute approximate surface area is 56.6 Å². The Morgan fingerprint density at radius 1 is 1.33 bits per heavy atom. The van der Waals surface area contributed by atoms with E-state index in [0.717, 1.165) is 0 Å². The van der Waals surface area contributed by atoms with Crippen LogP contribution in [0.4, 0.5) is 0 Å². The minimum atomic E-state index is -5.69. The van der Waals surface area contributed by atoms with Crippen LogP contribution in [-0.4, -0.2) is 5.96 Å². The van der Waals surface area contributed by atoms with Gasteiger partial charge >= 0.3 is 20.1 Å². The van der Waals surface area contributed by atoms with Crippen molar-refractivity contribution in [3.05, 3.63) is 0 Å². The second-order valence-electron chi connectivity index (χ2n) is 0.963. The quantitative estimate of drug-likeness (QED) is 0.215. The molecule has 0 amide bonds. The smallest absolute Gasteiger partial charge is 0.367 e. The first-order valence-corrected chi connectivity index (χ1v) is 5.12. The molecule has 0 saturated carbocycles. The van der Waals surface area contributed by atoms with Gasteiger partial charge in [-0.25, -0.2) is 10.3 Å². The zero-order chi connectivity index (χ0) is 7.49. The summed E-state index contributed by atoms with van der Waals surface area (Å²) in [5.74, 6) is -0.606. The summed E-state index contributed by atoms with van der Waals surface area (Å²) in [5, 5.41) is 2.51. The van der Waals surface area contributed by atoms with Crippen LogP contribution in [0.3, 0.4) is 0 Å². The molecule has 4 N–H and O–H groups in total. The molecule has 0 aliphatic carbocycles. The Hall–Kier alpha value is -0.320. The van der Waals surface area contributed by atoms with Crippen molar-refractivity contribution in [2.75, 3.05) is 0 Å². The number of halogens is 1. The van der Waals surface area contributed by atoms with E-state index in [2.05, 4.69) is 19.8 Å². The maximum atomic E-state index is 9.64. The Balaban J connectivity index is 3.64. The molecule has 0 aromatic carbocycles. The molecule has 0 radical (unpaired) electrons. The van der Waals surface area contributed by atoms with Gasteiger partial charge in [-0.05, 0) is 0 Å². The topological polar surface area (TPSA) is 143 Å². The summed E-state index contributed by atoms with van der Waals surface area (Å²) in [6.45, 7) is 0. The number of hydrogen-bond donors (Lipinski definition) is 2. The highest BCUT2D eigenvalue weighted by atomic mass is 127. The second kappa shape index (κ2) is 3.00. The van der Waals surface area contributed by atoms with Gasteiger partial charge in [0, 0.05) is 3.17 Å². The number of nitrogens with two attached hydrogens (primary N) is 2. The first-order valence-electron chi connectivity index (χ1n) is 1.60. The largest absolute Gasteiger partial charge is 0.476 e. The number of rotatable bonds is 2. The predicted molar refractivity (Wildman–Crippen MR) is 16.9 cm³/mol. The van der Waals surface area contributed by atoms with E-state index in [9.17, 15) is 10.3 Å². The fourth-order valence-electron chi connectivity index (χ4n) is 0.0821. The van der Waals surface area contributed by atoms with Gasteiger partial charge in [-0.3, -0.25) is 0 Å². The van der Waals surface area contributed by atoms with Gasteiger partial charge in [0.1, 0.15) is 0 Å². The van der Waals surface area contributed by atoms with Crippen LogP contribution < -0.4 is 41.9 Å². The van der Waals surface area contributed by atoms with E-state index in [1.165, 1.54) is 0 Å². The molecule has 54 valence electrons. The molecule has 0 spiro atoms. The van der Waals surface area contributed by atoms with Crippen LogP contribution in [0.25, 0.3) is 0 Å². The normalized spacial score (nSPS) is 10.6. The maximum absolute atomic E-state index is 9.64. The highest BCUT2D eigenvalue weighted by molar-refractivity contribution is 5.74. The molecule has 0 aliphatic rings. The van der Waals surface area contributed by atoms with E-state index in [1.54, 1.807) is 0 Å². The molecule has 0 aromatic heterocycles. The lowest BCUT2D eigenvalue weighted by atomic mass is 11.1. The zero-order valence-corrected chi connectivity index (χ0v) is 6.27. The second-order valence-corrected chi connectivity index (χ2v) is 3.51. The number of guanidine groups is 1. The van der Waals surface area contributed by atoms with Gasteiger partial charge in [-0.15, -0.1) is 0 Å². The van der Waals surface area contributed by atoms with Crippen molar-refractivity contribution >= 4 is 5.96 Å². The molecule has 0 atom stereocenters. The van der Waals surface area contributed by atoms with Crippen molar-refractivity contribution in [2.24, 2.45) is 16.6 Å². The Bertz CT molecular complexity index is 113. The van der Waals surface area contributed by atoms with Crippen molar-refractivity contribution < 1.29 is 33.6 Å². The van der Waals surface area contributed by atoms with Crippen molar-refractivity contribution in [2.45, 2.75) is 0 Å². The fraction of sp³-hybridized carbons (Fsp3) is 0. The van der Waals surface area contributed by atoms with E-state index in [0.29, 0.717) is 0 Å². The molecule has 0 aliphatic heterocycles. The molecule has 0 fully saturated rings. The predicted octanol–water partition coefficient (Wildman–Crippen LogP) is -7.91. The summed E-state index contributed by atoms with van der Waals surface area (Å²) >= 11 is -5.69. The minimum Gasteiger partial charge on any atom is -0.367 e. The molecule has 0 bridgehead atoms. The lowest BCUT2D eigenvalue weighted by Gasteiger charge is -1.98. The van der Waals surface area contributed by atoms with Crippen molar-refractivity contribution in [1.82, 2.24) is 0 Å². The van der Waals surface area contributed by atoms with Gasteiger partial charge in [0.15, 0.2) is 0 Å². The summed E-state index contributed by atoms with van der Waals surface area (Å²) in [6.07, 6.45) is 0. The van der Waals surface area contributed by atoms with Crippen LogP contribution >= 0.6 is 0 Å². The standard InChI is InChI=1S/CH4IN3O4/c3-1(4)5-9-2(6,7)8/h(H4,3,4,5). The van der Waals surface area contributed by atoms with Crippen LogP contribution in [0, 0.1) is 0 Å². The van der Waals surface area contributed by atoms with Gasteiger partial charge in [0.2, 0.25) is 5.96 Å². The van der Waals surface area contributed by atoms with Gasteiger partial charge in [-0.2, -0.15) is 0 Å². The first-order chi connectivity index (χ1) is 3.92. The molecule has 0 saturated heterocycles. The van der Waals surface area contributed by atoms with E-state index < -0.39 is 26.1 Å². The van der Waals surface area contributed by atoms with E-state index >= 15 is 0 Å². The van der Waals surface area contributed by atoms with Crippen molar-refractivity contribution in [3.8, 4) is 0 Å². The molecular formula is CH4IN3O4. The van der Waals surface area contributed by atoms with Crippen LogP contribution in [-0.2, 0) is 3.17 Å². The van der Waals surface area contributed by atoms with Crippen LogP contribution in [0.5, 0.6) is 0 Å². The molecule has 0 aromatic rings. The van der Waals surface area contributed by atoms with Gasteiger partial charge < -0.3 is 11.5 Å². The molecule has 0 rings (SSSR count). The average Bonchev–Trinajstić information content (AvgIpc) is 1.59. The zero-order valence-electron chi connectivity index (χ0n) is 4.11. The summed E-state index contributed by atoms with van der Waals surface area (Å²) < 4.78 is 32.3. The average molecular weight is 249 g/mol. The Kier molecular flexibility index (Phi) is 2.90. The summed E-state index contributed by atoms with van der Waals surface area (Å²) in [5.41, 5.74) is 9.23. The number of oxime groups is 1. The van der Waals surface area contributed by atoms with Gasteiger partial charge in [-0.1, -0.05) is 0 Å². The molecule has 8 heteroatoms. The Morgan fingerprint density at radius 2 is 1.78 bits per heavy atom. The third-order valence-corrected chi connectivity index (χ3v) is 0.904. The van der Waals surface area contributed by atoms with Crippen LogP contribution in [0.1, 0.15) is 0 Å².